The van der Waals surface area contributed by atoms with E-state index >= 15 is 0 Å². The maximum Gasteiger partial charge on any atom is 0.251 e. The number of aryl methyl sites for hydroxylation is 2. The third kappa shape index (κ3) is 4.19. The van der Waals surface area contributed by atoms with Gasteiger partial charge in [0.2, 0.25) is 0 Å². The zero-order chi connectivity index (χ0) is 19.5. The first-order valence-electron chi connectivity index (χ1n) is 8.52. The maximum atomic E-state index is 12.7. The smallest absolute Gasteiger partial charge is 0.251 e. The van der Waals surface area contributed by atoms with Crippen molar-refractivity contribution in [2.45, 2.75) is 44.9 Å². The molecule has 1 amide bonds. The first kappa shape index (κ1) is 21.1. The second kappa shape index (κ2) is 8.65. The number of carbonyl (C=O) groups is 1. The number of piperidine rings is 1. The van der Waals surface area contributed by atoms with Gasteiger partial charge in [-0.2, -0.15) is 5.06 Å². The predicted molar refractivity (Wildman–Crippen MR) is 96.8 cm³/mol. The van der Waals surface area contributed by atoms with Gasteiger partial charge in [-0.1, -0.05) is 17.7 Å². The Hall–Kier alpha value is -1.22. The van der Waals surface area contributed by atoms with Crippen molar-refractivity contribution in [3.63, 3.8) is 0 Å². The summed E-state index contributed by atoms with van der Waals surface area (Å²) in [7, 11) is 2.90. The Bertz CT molecular complexity index is 647. The van der Waals surface area contributed by atoms with Crippen LogP contribution < -0.4 is 0 Å². The Morgan fingerprint density at radius 1 is 1.31 bits per heavy atom. The summed E-state index contributed by atoms with van der Waals surface area (Å²) in [6.07, 6.45) is -0.772. The minimum absolute atomic E-state index is 0.0668. The highest BCUT2D eigenvalue weighted by atomic mass is 35.5. The third-order valence-electron chi connectivity index (χ3n) is 5.19. The van der Waals surface area contributed by atoms with E-state index in [1.54, 1.807) is 18.2 Å². The van der Waals surface area contributed by atoms with Crippen molar-refractivity contribution in [1.29, 1.82) is 0 Å². The lowest BCUT2D eigenvalue weighted by Crippen LogP contribution is -2.63. The van der Waals surface area contributed by atoms with Gasteiger partial charge in [0.25, 0.3) is 5.91 Å². The molecule has 1 unspecified atom stereocenters. The van der Waals surface area contributed by atoms with Crippen molar-refractivity contribution >= 4 is 17.5 Å². The number of nitrogens with zero attached hydrogens (tertiary/aromatic N) is 2. The van der Waals surface area contributed by atoms with Crippen molar-refractivity contribution in [3.05, 3.63) is 33.8 Å². The molecule has 0 saturated carbocycles. The van der Waals surface area contributed by atoms with Crippen LogP contribution in [0.15, 0.2) is 12.1 Å². The second-order valence-electron chi connectivity index (χ2n) is 6.71. The summed E-state index contributed by atoms with van der Waals surface area (Å²) >= 11 is 6.25. The molecule has 7 nitrogen and oxygen atoms in total. The quantitative estimate of drug-likeness (QED) is 0.442. The number of rotatable bonds is 6. The molecular formula is C18H27ClN2O5. The predicted octanol–water partition coefficient (Wildman–Crippen LogP) is 2.08. The van der Waals surface area contributed by atoms with Gasteiger partial charge in [0, 0.05) is 25.2 Å². The number of carbonyl (C=O) groups excluding carboxylic acids is 1. The van der Waals surface area contributed by atoms with E-state index in [1.807, 2.05) is 19.9 Å². The van der Waals surface area contributed by atoms with Gasteiger partial charge in [-0.25, -0.2) is 5.06 Å². The topological polar surface area (TPSA) is 82.5 Å². The SMILES string of the molecule is COC(O)C1(N(O)C(=O)Cc2cc(C)c(C)cc2Cl)CCN(OC)CC1. The molecule has 1 aliphatic rings. The number of aliphatic hydroxyl groups is 1. The van der Waals surface area contributed by atoms with E-state index in [0.717, 1.165) is 11.1 Å². The highest BCUT2D eigenvalue weighted by Crippen LogP contribution is 2.33. The largest absolute Gasteiger partial charge is 0.366 e. The van der Waals surface area contributed by atoms with Crippen molar-refractivity contribution in [2.75, 3.05) is 27.3 Å². The van der Waals surface area contributed by atoms with E-state index < -0.39 is 17.7 Å². The Kier molecular flexibility index (Phi) is 7.01. The number of benzene rings is 1. The number of methoxy groups -OCH3 is 1. The molecule has 2 rings (SSSR count). The van der Waals surface area contributed by atoms with Crippen molar-refractivity contribution in [3.8, 4) is 0 Å². The molecule has 1 fully saturated rings. The van der Waals surface area contributed by atoms with Crippen LogP contribution in [0.25, 0.3) is 0 Å². The van der Waals surface area contributed by atoms with Crippen molar-refractivity contribution < 1.29 is 24.7 Å². The Balaban J connectivity index is 2.22. The van der Waals surface area contributed by atoms with Gasteiger partial charge in [0.1, 0.15) is 5.54 Å². The van der Waals surface area contributed by atoms with Gasteiger partial charge in [-0.15, -0.1) is 0 Å². The molecule has 2 N–H and O–H groups in total. The molecule has 0 bridgehead atoms. The van der Waals surface area contributed by atoms with Gasteiger partial charge < -0.3 is 14.7 Å². The average molecular weight is 387 g/mol. The fourth-order valence-electron chi connectivity index (χ4n) is 3.30. The van der Waals surface area contributed by atoms with Crippen LogP contribution in [0.2, 0.25) is 5.02 Å². The van der Waals surface area contributed by atoms with Gasteiger partial charge in [-0.05, 0) is 49.4 Å². The minimum atomic E-state index is -1.31. The van der Waals surface area contributed by atoms with E-state index in [0.29, 0.717) is 41.6 Å². The first-order chi connectivity index (χ1) is 12.2. The van der Waals surface area contributed by atoms with Gasteiger partial charge >= 0.3 is 0 Å². The van der Waals surface area contributed by atoms with Gasteiger partial charge in [0.15, 0.2) is 6.29 Å². The van der Waals surface area contributed by atoms with E-state index in [1.165, 1.54) is 7.11 Å². The lowest BCUT2D eigenvalue weighted by atomic mass is 9.86. The summed E-state index contributed by atoms with van der Waals surface area (Å²) in [5, 5.41) is 23.8. The van der Waals surface area contributed by atoms with Gasteiger partial charge in [0.05, 0.1) is 13.5 Å². The maximum absolute atomic E-state index is 12.7. The van der Waals surface area contributed by atoms with Crippen LogP contribution in [0.3, 0.4) is 0 Å². The summed E-state index contributed by atoms with van der Waals surface area (Å²) in [5.41, 5.74) is 1.45. The average Bonchev–Trinajstić information content (AvgIpc) is 2.64. The lowest BCUT2D eigenvalue weighted by Gasteiger charge is -2.46. The Labute approximate surface area is 159 Å². The number of hydrogen-bond donors (Lipinski definition) is 2. The van der Waals surface area contributed by atoms with E-state index in [4.69, 9.17) is 21.2 Å². The number of hydrogen-bond acceptors (Lipinski definition) is 6. The highest BCUT2D eigenvalue weighted by Gasteiger charge is 2.48. The normalized spacial score (nSPS) is 18.6. The van der Waals surface area contributed by atoms with Crippen LogP contribution in [-0.2, 0) is 20.8 Å². The molecule has 0 aliphatic carbocycles. The molecule has 0 aromatic heterocycles. The molecule has 1 aromatic carbocycles. The van der Waals surface area contributed by atoms with Crippen LogP contribution in [0.5, 0.6) is 0 Å². The lowest BCUT2D eigenvalue weighted by molar-refractivity contribution is -0.277. The second-order valence-corrected chi connectivity index (χ2v) is 7.12. The summed E-state index contributed by atoms with van der Waals surface area (Å²) in [6.45, 7) is 4.78. The zero-order valence-electron chi connectivity index (χ0n) is 15.7. The molecule has 1 saturated heterocycles. The number of hydroxylamine groups is 4. The zero-order valence-corrected chi connectivity index (χ0v) is 16.4. The number of ether oxygens (including phenoxy) is 1. The van der Waals surface area contributed by atoms with Crippen molar-refractivity contribution in [2.24, 2.45) is 0 Å². The van der Waals surface area contributed by atoms with E-state index in [9.17, 15) is 15.1 Å². The molecular weight excluding hydrogens is 360 g/mol. The minimum Gasteiger partial charge on any atom is -0.366 e. The summed E-state index contributed by atoms with van der Waals surface area (Å²) < 4.78 is 5.06. The van der Waals surface area contributed by atoms with Crippen LogP contribution >= 0.6 is 11.6 Å². The summed E-state index contributed by atoms with van der Waals surface area (Å²) in [5.74, 6) is -0.544. The van der Waals surface area contributed by atoms with Crippen LogP contribution in [0, 0.1) is 13.8 Å². The fourth-order valence-corrected chi connectivity index (χ4v) is 3.59. The van der Waals surface area contributed by atoms with Crippen molar-refractivity contribution in [1.82, 2.24) is 10.1 Å². The number of amides is 1. The monoisotopic (exact) mass is 386 g/mol. The summed E-state index contributed by atoms with van der Waals surface area (Å²) in [6, 6.07) is 3.65. The molecule has 1 aliphatic heterocycles. The Morgan fingerprint density at radius 3 is 2.42 bits per heavy atom. The molecule has 1 atom stereocenters. The molecule has 8 heteroatoms. The summed E-state index contributed by atoms with van der Waals surface area (Å²) in [4.78, 5) is 17.9. The van der Waals surface area contributed by atoms with E-state index in [-0.39, 0.29) is 6.42 Å². The standard InChI is InChI=1S/C18H27ClN2O5/c1-12-9-14(15(19)10-13(12)2)11-16(22)21(24)18(17(23)25-3)5-7-20(26-4)8-6-18/h9-10,17,23-24H,5-8,11H2,1-4H3. The van der Waals surface area contributed by atoms with Crippen LogP contribution in [0.4, 0.5) is 0 Å². The molecule has 146 valence electrons. The van der Waals surface area contributed by atoms with E-state index in [2.05, 4.69) is 0 Å². The first-order valence-corrected chi connectivity index (χ1v) is 8.90. The van der Waals surface area contributed by atoms with Crippen LogP contribution in [0.1, 0.15) is 29.5 Å². The van der Waals surface area contributed by atoms with Crippen LogP contribution in [-0.4, -0.2) is 65.5 Å². The highest BCUT2D eigenvalue weighted by molar-refractivity contribution is 6.31. The number of aliphatic hydroxyl groups excluding tert-OH is 1. The number of halogens is 1. The van der Waals surface area contributed by atoms with Gasteiger partial charge in [-0.3, -0.25) is 10.0 Å². The third-order valence-corrected chi connectivity index (χ3v) is 5.54. The molecule has 0 radical (unpaired) electrons. The molecule has 26 heavy (non-hydrogen) atoms. The molecule has 0 spiro atoms. The molecule has 1 aromatic rings. The fraction of sp³-hybridized carbons (Fsp3) is 0.611. The Morgan fingerprint density at radius 2 is 1.88 bits per heavy atom. The molecule has 1 heterocycles.